The van der Waals surface area contributed by atoms with Crippen LogP contribution in [0.4, 0.5) is 13.2 Å². The third-order valence-corrected chi connectivity index (χ3v) is 6.96. The Morgan fingerprint density at radius 3 is 2.32 bits per heavy atom. The second-order valence-corrected chi connectivity index (χ2v) is 9.32. The fourth-order valence-corrected chi connectivity index (χ4v) is 4.93. The van der Waals surface area contributed by atoms with Crippen LogP contribution in [0.15, 0.2) is 67.3 Å². The van der Waals surface area contributed by atoms with E-state index in [0.29, 0.717) is 22.6 Å². The van der Waals surface area contributed by atoms with Crippen LogP contribution in [0.3, 0.4) is 0 Å². The maximum Gasteiger partial charge on any atom is 0.166 e. The molecule has 1 saturated carbocycles. The molecule has 1 fully saturated rings. The molecule has 3 aromatic rings. The van der Waals surface area contributed by atoms with Crippen LogP contribution in [-0.2, 0) is 6.42 Å². The lowest BCUT2D eigenvalue weighted by molar-refractivity contribution is 0.304. The molecule has 3 aromatic carbocycles. The van der Waals surface area contributed by atoms with Gasteiger partial charge in [-0.1, -0.05) is 60.7 Å². The fourth-order valence-electron chi connectivity index (χ4n) is 4.93. The van der Waals surface area contributed by atoms with Crippen molar-refractivity contribution in [1.29, 1.82) is 0 Å². The molecule has 0 aliphatic heterocycles. The highest BCUT2D eigenvalue weighted by atomic mass is 19.2. The molecular formula is C30H31F3O. The van der Waals surface area contributed by atoms with Crippen molar-refractivity contribution in [3.63, 3.8) is 0 Å². The van der Waals surface area contributed by atoms with Gasteiger partial charge in [0.15, 0.2) is 23.2 Å². The molecule has 0 saturated heterocycles. The second kappa shape index (κ2) is 10.9. The molecule has 34 heavy (non-hydrogen) atoms. The largest absolute Gasteiger partial charge is 0.486 e. The summed E-state index contributed by atoms with van der Waals surface area (Å²) in [5, 5.41) is 0. The zero-order valence-corrected chi connectivity index (χ0v) is 19.6. The minimum absolute atomic E-state index is 0.0385. The molecule has 0 N–H and O–H groups in total. The summed E-state index contributed by atoms with van der Waals surface area (Å²) in [5.41, 5.74) is 3.52. The van der Waals surface area contributed by atoms with Gasteiger partial charge in [-0.05, 0) is 86.1 Å². The maximum absolute atomic E-state index is 15.0. The molecule has 0 radical (unpaired) electrons. The zero-order valence-electron chi connectivity index (χ0n) is 19.6. The van der Waals surface area contributed by atoms with E-state index in [1.54, 1.807) is 24.3 Å². The minimum atomic E-state index is -0.758. The third kappa shape index (κ3) is 5.55. The Morgan fingerprint density at radius 2 is 1.65 bits per heavy atom. The molecular weight excluding hydrogens is 433 g/mol. The summed E-state index contributed by atoms with van der Waals surface area (Å²) in [4.78, 5) is 0. The van der Waals surface area contributed by atoms with Crippen molar-refractivity contribution in [2.75, 3.05) is 6.61 Å². The summed E-state index contributed by atoms with van der Waals surface area (Å²) in [5.74, 6) is -1.03. The van der Waals surface area contributed by atoms with E-state index in [2.05, 4.69) is 6.58 Å². The van der Waals surface area contributed by atoms with Crippen LogP contribution >= 0.6 is 0 Å². The minimum Gasteiger partial charge on any atom is -0.486 e. The first-order chi connectivity index (χ1) is 16.5. The van der Waals surface area contributed by atoms with Crippen molar-refractivity contribution >= 4 is 0 Å². The number of ether oxygens (including phenoxy) is 1. The van der Waals surface area contributed by atoms with Gasteiger partial charge >= 0.3 is 0 Å². The third-order valence-electron chi connectivity index (χ3n) is 6.96. The first-order valence-electron chi connectivity index (χ1n) is 12.0. The van der Waals surface area contributed by atoms with Gasteiger partial charge in [0.25, 0.3) is 0 Å². The average Bonchev–Trinajstić information content (AvgIpc) is 2.85. The van der Waals surface area contributed by atoms with Crippen molar-refractivity contribution in [2.24, 2.45) is 5.92 Å². The van der Waals surface area contributed by atoms with E-state index in [-0.39, 0.29) is 24.1 Å². The van der Waals surface area contributed by atoms with Gasteiger partial charge in [0, 0.05) is 5.56 Å². The average molecular weight is 465 g/mol. The van der Waals surface area contributed by atoms with Crippen LogP contribution in [0.25, 0.3) is 11.1 Å². The molecule has 1 aliphatic rings. The van der Waals surface area contributed by atoms with Crippen LogP contribution in [0.2, 0.25) is 0 Å². The van der Waals surface area contributed by atoms with Gasteiger partial charge in [0.05, 0.1) is 0 Å². The van der Waals surface area contributed by atoms with Gasteiger partial charge in [0.1, 0.15) is 6.61 Å². The summed E-state index contributed by atoms with van der Waals surface area (Å²) >= 11 is 0. The predicted octanol–water partition coefficient (Wildman–Crippen LogP) is 8.55. The lowest BCUT2D eigenvalue weighted by Crippen LogP contribution is -2.15. The van der Waals surface area contributed by atoms with Crippen molar-refractivity contribution in [3.05, 3.63) is 101 Å². The highest BCUT2D eigenvalue weighted by Gasteiger charge is 2.26. The second-order valence-electron chi connectivity index (χ2n) is 9.32. The topological polar surface area (TPSA) is 9.23 Å². The first-order valence-corrected chi connectivity index (χ1v) is 12.0. The summed E-state index contributed by atoms with van der Waals surface area (Å²) in [7, 11) is 0. The predicted molar refractivity (Wildman–Crippen MR) is 132 cm³/mol. The summed E-state index contributed by atoms with van der Waals surface area (Å²) in [6.45, 7) is 5.81. The Labute approximate surface area is 200 Å². The van der Waals surface area contributed by atoms with Crippen LogP contribution in [0.1, 0.15) is 54.7 Å². The number of rotatable bonds is 8. The van der Waals surface area contributed by atoms with Crippen molar-refractivity contribution < 1.29 is 17.9 Å². The molecule has 0 spiro atoms. The van der Waals surface area contributed by atoms with Crippen molar-refractivity contribution in [2.45, 2.75) is 51.4 Å². The molecule has 1 aliphatic carbocycles. The summed E-state index contributed by atoms with van der Waals surface area (Å²) in [6, 6.07) is 16.0. The molecule has 0 aromatic heterocycles. The number of hydrogen-bond acceptors (Lipinski definition) is 1. The van der Waals surface area contributed by atoms with Crippen LogP contribution in [0, 0.1) is 30.3 Å². The Balaban J connectivity index is 1.34. The number of benzene rings is 3. The Kier molecular flexibility index (Phi) is 7.77. The molecule has 0 bridgehead atoms. The van der Waals surface area contributed by atoms with E-state index in [1.165, 1.54) is 6.07 Å². The van der Waals surface area contributed by atoms with Gasteiger partial charge in [-0.3, -0.25) is 0 Å². The summed E-state index contributed by atoms with van der Waals surface area (Å²) < 4.78 is 49.4. The number of aryl methyl sites for hydroxylation is 2. The van der Waals surface area contributed by atoms with Crippen molar-refractivity contribution in [3.8, 4) is 16.9 Å². The smallest absolute Gasteiger partial charge is 0.166 e. The number of halogens is 3. The van der Waals surface area contributed by atoms with Crippen LogP contribution in [0.5, 0.6) is 5.75 Å². The lowest BCUT2D eigenvalue weighted by Gasteiger charge is -2.29. The highest BCUT2D eigenvalue weighted by Crippen LogP contribution is 2.40. The van der Waals surface area contributed by atoms with Gasteiger partial charge in [-0.2, -0.15) is 0 Å². The first kappa shape index (κ1) is 24.1. The molecule has 4 heteroatoms. The van der Waals surface area contributed by atoms with Crippen LogP contribution in [-0.4, -0.2) is 6.61 Å². The highest BCUT2D eigenvalue weighted by molar-refractivity contribution is 5.65. The van der Waals surface area contributed by atoms with Gasteiger partial charge in [0.2, 0.25) is 0 Å². The molecule has 1 nitrogen and oxygen atoms in total. The molecule has 0 atom stereocenters. The SMILES string of the molecule is C=CCOc1ccc(CCC2CCC(c3ccc(-c4ccc(C)cc4)c(F)c3F)CC2)cc1F. The standard InChI is InChI=1S/C30H31F3O/c1-3-18-34-28-17-10-22(19-27(28)31)7-6-21-8-13-24(14-9-21)26-16-15-25(29(32)30(26)33)23-11-4-20(2)5-12-23/h3-5,10-12,15-17,19,21,24H,1,6-9,13-14,18H2,2H3. The summed E-state index contributed by atoms with van der Waals surface area (Å²) in [6.07, 6.45) is 6.96. The molecule has 0 amide bonds. The van der Waals surface area contributed by atoms with E-state index in [0.717, 1.165) is 49.7 Å². The Morgan fingerprint density at radius 1 is 0.912 bits per heavy atom. The van der Waals surface area contributed by atoms with E-state index in [9.17, 15) is 8.78 Å². The monoisotopic (exact) mass is 464 g/mol. The van der Waals surface area contributed by atoms with Gasteiger partial charge < -0.3 is 4.74 Å². The maximum atomic E-state index is 15.0. The molecule has 4 rings (SSSR count). The van der Waals surface area contributed by atoms with Gasteiger partial charge in [-0.25, -0.2) is 13.2 Å². The molecule has 178 valence electrons. The molecule has 0 unspecified atom stereocenters. The van der Waals surface area contributed by atoms with E-state index in [4.69, 9.17) is 4.74 Å². The lowest BCUT2D eigenvalue weighted by atomic mass is 9.76. The van der Waals surface area contributed by atoms with Crippen molar-refractivity contribution in [1.82, 2.24) is 0 Å². The normalized spacial score (nSPS) is 18.0. The van der Waals surface area contributed by atoms with E-state index >= 15 is 4.39 Å². The zero-order chi connectivity index (χ0) is 24.1. The number of hydrogen-bond donors (Lipinski definition) is 0. The van der Waals surface area contributed by atoms with E-state index < -0.39 is 11.6 Å². The van der Waals surface area contributed by atoms with Crippen LogP contribution < -0.4 is 4.74 Å². The van der Waals surface area contributed by atoms with Gasteiger partial charge in [-0.15, -0.1) is 0 Å². The Hall–Kier alpha value is -3.01. The quantitative estimate of drug-likeness (QED) is 0.304. The van der Waals surface area contributed by atoms with E-state index in [1.807, 2.05) is 37.3 Å². The fraction of sp³-hybridized carbons (Fsp3) is 0.333. The molecule has 0 heterocycles. The Bertz CT molecular complexity index is 1130.